The molecule has 1 N–H and O–H groups in total. The first kappa shape index (κ1) is 11.2. The van der Waals surface area contributed by atoms with Crippen LogP contribution in [0.2, 0.25) is 0 Å². The molecule has 0 spiro atoms. The molecule has 0 bridgehead atoms. The first-order valence-electron chi connectivity index (χ1n) is 3.70. The van der Waals surface area contributed by atoms with E-state index in [4.69, 9.17) is 0 Å². The van der Waals surface area contributed by atoms with Crippen LogP contribution in [-0.4, -0.2) is 23.3 Å². The number of carbonyl (C=O) groups is 2. The normalized spacial score (nSPS) is 10.2. The lowest BCUT2D eigenvalue weighted by Crippen LogP contribution is -2.22. The lowest BCUT2D eigenvalue weighted by molar-refractivity contribution is -0.118. The van der Waals surface area contributed by atoms with E-state index in [1.165, 1.54) is 24.8 Å². The fourth-order valence-electron chi connectivity index (χ4n) is 0.563. The van der Waals surface area contributed by atoms with E-state index in [1.807, 2.05) is 0 Å². The summed E-state index contributed by atoms with van der Waals surface area (Å²) in [5.41, 5.74) is 0. The third kappa shape index (κ3) is 7.34. The Morgan fingerprint density at radius 3 is 2.67 bits per heavy atom. The molecule has 3 nitrogen and oxygen atoms in total. The lowest BCUT2D eigenvalue weighted by Gasteiger charge is -1.98. The Morgan fingerprint density at radius 2 is 2.17 bits per heavy atom. The summed E-state index contributed by atoms with van der Waals surface area (Å²) in [7, 11) is 0. The van der Waals surface area contributed by atoms with Gasteiger partial charge >= 0.3 is 0 Å². The van der Waals surface area contributed by atoms with Crippen molar-refractivity contribution in [3.8, 4) is 0 Å². The molecule has 1 amide bonds. The van der Waals surface area contributed by atoms with Gasteiger partial charge in [-0.05, 0) is 13.0 Å². The fourth-order valence-corrected chi connectivity index (χ4v) is 1.20. The van der Waals surface area contributed by atoms with Gasteiger partial charge in [0.15, 0.2) is 0 Å². The Balaban J connectivity index is 3.31. The number of hydrogen-bond acceptors (Lipinski definition) is 3. The molecule has 12 heavy (non-hydrogen) atoms. The molecule has 4 heteroatoms. The second kappa shape index (κ2) is 6.91. The van der Waals surface area contributed by atoms with Gasteiger partial charge in [0, 0.05) is 19.2 Å². The Labute approximate surface area is 76.6 Å². The molecule has 68 valence electrons. The van der Waals surface area contributed by atoms with E-state index in [1.54, 1.807) is 13.0 Å². The summed E-state index contributed by atoms with van der Waals surface area (Å²) in [6.45, 7) is 3.80. The van der Waals surface area contributed by atoms with Gasteiger partial charge < -0.3 is 5.32 Å². The van der Waals surface area contributed by atoms with Crippen molar-refractivity contribution in [2.75, 3.05) is 12.3 Å². The van der Waals surface area contributed by atoms with E-state index in [-0.39, 0.29) is 11.0 Å². The Hall–Kier alpha value is -0.770. The molecule has 0 aliphatic rings. The van der Waals surface area contributed by atoms with Crippen molar-refractivity contribution in [2.24, 2.45) is 0 Å². The number of nitrogens with one attached hydrogen (secondary N) is 1. The number of hydrogen-bond donors (Lipinski definition) is 1. The molecule has 0 aliphatic carbocycles. The summed E-state index contributed by atoms with van der Waals surface area (Å²) in [5, 5.41) is 2.64. The van der Waals surface area contributed by atoms with Crippen molar-refractivity contribution in [1.82, 2.24) is 5.32 Å². The highest BCUT2D eigenvalue weighted by Gasteiger charge is 1.96. The summed E-state index contributed by atoms with van der Waals surface area (Å²) in [6.07, 6.45) is 3.21. The highest BCUT2D eigenvalue weighted by molar-refractivity contribution is 8.14. The topological polar surface area (TPSA) is 46.2 Å². The largest absolute Gasteiger partial charge is 0.356 e. The molecule has 0 atom stereocenters. The average Bonchev–Trinajstić information content (AvgIpc) is 1.98. The van der Waals surface area contributed by atoms with Crippen LogP contribution in [0.15, 0.2) is 12.2 Å². The van der Waals surface area contributed by atoms with Gasteiger partial charge in [0.25, 0.3) is 0 Å². The number of allylic oxidation sites excluding steroid dienone is 1. The van der Waals surface area contributed by atoms with Crippen molar-refractivity contribution in [1.29, 1.82) is 0 Å². The molecule has 0 aliphatic heterocycles. The summed E-state index contributed by atoms with van der Waals surface area (Å²) >= 11 is 1.20. The average molecular weight is 187 g/mol. The molecule has 0 aromatic carbocycles. The van der Waals surface area contributed by atoms with Crippen LogP contribution in [-0.2, 0) is 9.59 Å². The van der Waals surface area contributed by atoms with Crippen molar-refractivity contribution in [3.63, 3.8) is 0 Å². The molecule has 0 heterocycles. The Morgan fingerprint density at radius 1 is 1.50 bits per heavy atom. The maximum atomic E-state index is 10.9. The molecule has 0 aromatic rings. The van der Waals surface area contributed by atoms with Crippen LogP contribution >= 0.6 is 11.8 Å². The minimum atomic E-state index is -0.0610. The zero-order chi connectivity index (χ0) is 9.40. The molecular weight excluding hydrogens is 174 g/mol. The van der Waals surface area contributed by atoms with Crippen LogP contribution in [0, 0.1) is 0 Å². The van der Waals surface area contributed by atoms with Crippen LogP contribution in [0.3, 0.4) is 0 Å². The highest BCUT2D eigenvalue weighted by Crippen LogP contribution is 2.00. The standard InChI is InChI=1S/C8H13NO2S/c1-3-4-8(11)12-6-5-9-7(2)10/h3-4H,5-6H2,1-2H3,(H,9,10)/b4-3+. The minimum absolute atomic E-state index is 0.0304. The monoisotopic (exact) mass is 187 g/mol. The van der Waals surface area contributed by atoms with Crippen molar-refractivity contribution >= 4 is 22.8 Å². The van der Waals surface area contributed by atoms with Crippen LogP contribution < -0.4 is 5.32 Å². The van der Waals surface area contributed by atoms with Crippen LogP contribution in [0.25, 0.3) is 0 Å². The van der Waals surface area contributed by atoms with Gasteiger partial charge in [0.2, 0.25) is 11.0 Å². The molecule has 0 unspecified atom stereocenters. The number of carbonyl (C=O) groups excluding carboxylic acids is 2. The molecular formula is C8H13NO2S. The summed E-state index contributed by atoms with van der Waals surface area (Å²) in [4.78, 5) is 21.2. The quantitative estimate of drug-likeness (QED) is 0.526. The summed E-state index contributed by atoms with van der Waals surface area (Å²) < 4.78 is 0. The summed E-state index contributed by atoms with van der Waals surface area (Å²) in [5.74, 6) is 0.567. The Bertz CT molecular complexity index is 189. The minimum Gasteiger partial charge on any atom is -0.356 e. The molecule has 0 saturated carbocycles. The molecule has 0 rings (SSSR count). The van der Waals surface area contributed by atoms with E-state index < -0.39 is 0 Å². The maximum Gasteiger partial charge on any atom is 0.216 e. The predicted molar refractivity (Wildman–Crippen MR) is 51.0 cm³/mol. The predicted octanol–water partition coefficient (Wildman–Crippen LogP) is 0.958. The summed E-state index contributed by atoms with van der Waals surface area (Å²) in [6, 6.07) is 0. The van der Waals surface area contributed by atoms with Gasteiger partial charge in [0.1, 0.15) is 0 Å². The van der Waals surface area contributed by atoms with Crippen molar-refractivity contribution in [2.45, 2.75) is 13.8 Å². The van der Waals surface area contributed by atoms with Crippen molar-refractivity contribution < 1.29 is 9.59 Å². The number of rotatable bonds is 4. The van der Waals surface area contributed by atoms with Crippen LogP contribution in [0.5, 0.6) is 0 Å². The molecule has 0 aromatic heterocycles. The molecule has 0 radical (unpaired) electrons. The molecule has 0 saturated heterocycles. The van der Waals surface area contributed by atoms with Gasteiger partial charge in [0.05, 0.1) is 0 Å². The zero-order valence-electron chi connectivity index (χ0n) is 7.29. The third-order valence-corrected chi connectivity index (χ3v) is 1.85. The van der Waals surface area contributed by atoms with Crippen LogP contribution in [0.4, 0.5) is 0 Å². The van der Waals surface area contributed by atoms with Gasteiger partial charge in [-0.15, -0.1) is 0 Å². The SMILES string of the molecule is C/C=C/C(=O)SCCNC(C)=O. The first-order valence-corrected chi connectivity index (χ1v) is 4.69. The van der Waals surface area contributed by atoms with Gasteiger partial charge in [-0.25, -0.2) is 0 Å². The van der Waals surface area contributed by atoms with Crippen molar-refractivity contribution in [3.05, 3.63) is 12.2 Å². The smallest absolute Gasteiger partial charge is 0.216 e. The van der Waals surface area contributed by atoms with Gasteiger partial charge in [-0.2, -0.15) is 0 Å². The second-order valence-corrected chi connectivity index (χ2v) is 3.25. The van der Waals surface area contributed by atoms with Crippen LogP contribution in [0.1, 0.15) is 13.8 Å². The Kier molecular flexibility index (Phi) is 6.47. The van der Waals surface area contributed by atoms with E-state index in [9.17, 15) is 9.59 Å². The maximum absolute atomic E-state index is 10.9. The lowest BCUT2D eigenvalue weighted by atomic mass is 10.6. The first-order chi connectivity index (χ1) is 5.66. The van der Waals surface area contributed by atoms with Gasteiger partial charge in [-0.3, -0.25) is 9.59 Å². The van der Waals surface area contributed by atoms with E-state index in [0.717, 1.165) is 0 Å². The number of amides is 1. The second-order valence-electron chi connectivity index (χ2n) is 2.15. The van der Waals surface area contributed by atoms with E-state index >= 15 is 0 Å². The highest BCUT2D eigenvalue weighted by atomic mass is 32.2. The molecule has 0 fully saturated rings. The number of thioether (sulfide) groups is 1. The van der Waals surface area contributed by atoms with Gasteiger partial charge in [-0.1, -0.05) is 17.8 Å². The third-order valence-electron chi connectivity index (χ3n) is 1.02. The zero-order valence-corrected chi connectivity index (χ0v) is 8.11. The van der Waals surface area contributed by atoms with E-state index in [0.29, 0.717) is 12.3 Å². The van der Waals surface area contributed by atoms with E-state index in [2.05, 4.69) is 5.32 Å². The fraction of sp³-hybridized carbons (Fsp3) is 0.500.